The molecule has 2 rings (SSSR count). The van der Waals surface area contributed by atoms with Gasteiger partial charge in [-0.2, -0.15) is 0 Å². The van der Waals surface area contributed by atoms with Crippen LogP contribution in [0.3, 0.4) is 0 Å². The molecule has 0 bridgehead atoms. The van der Waals surface area contributed by atoms with Gasteiger partial charge < -0.3 is 15.7 Å². The van der Waals surface area contributed by atoms with Gasteiger partial charge >= 0.3 is 11.8 Å². The van der Waals surface area contributed by atoms with Crippen LogP contribution in [0, 0.1) is 23.4 Å². The van der Waals surface area contributed by atoms with E-state index < -0.39 is 41.1 Å². The number of hydrogen-bond acceptors (Lipinski definition) is 3. The number of amides is 2. The second-order valence-corrected chi connectivity index (χ2v) is 5.17. The smallest absolute Gasteiger partial charge is 0.313 e. The lowest BCUT2D eigenvalue weighted by Crippen LogP contribution is -2.39. The molecule has 0 saturated heterocycles. The van der Waals surface area contributed by atoms with Crippen LogP contribution >= 0.6 is 0 Å². The number of carbonyl (C=O) groups excluding carboxylic acids is 2. The molecule has 5 nitrogen and oxygen atoms in total. The maximum Gasteiger partial charge on any atom is 0.313 e. The van der Waals surface area contributed by atoms with Gasteiger partial charge in [0, 0.05) is 24.6 Å². The Kier molecular flexibility index (Phi) is 5.02. The van der Waals surface area contributed by atoms with Crippen LogP contribution in [0.25, 0.3) is 0 Å². The van der Waals surface area contributed by atoms with Crippen molar-refractivity contribution in [2.24, 2.45) is 5.92 Å². The van der Waals surface area contributed by atoms with E-state index in [-0.39, 0.29) is 12.5 Å². The van der Waals surface area contributed by atoms with Gasteiger partial charge in [-0.25, -0.2) is 13.2 Å². The highest BCUT2D eigenvalue weighted by Gasteiger charge is 2.26. The summed E-state index contributed by atoms with van der Waals surface area (Å²) < 4.78 is 39.5. The Hall–Kier alpha value is -2.09. The molecular weight excluding hydrogens is 301 g/mol. The topological polar surface area (TPSA) is 78.4 Å². The van der Waals surface area contributed by atoms with Crippen molar-refractivity contribution in [1.82, 2.24) is 5.32 Å². The number of anilines is 1. The standard InChI is InChI=1S/C14H15F3N2O3/c15-8-4-9(16)12(10(17)5-8)19-14(22)13(21)18-6-7-2-1-3-11(7)20/h4-5,7,11,20H,1-3,6H2,(H,18,21)(H,19,22). The average molecular weight is 316 g/mol. The number of carbonyl (C=O) groups is 2. The zero-order chi connectivity index (χ0) is 16.3. The zero-order valence-corrected chi connectivity index (χ0v) is 11.5. The van der Waals surface area contributed by atoms with Crippen molar-refractivity contribution >= 4 is 17.5 Å². The molecule has 2 amide bonds. The van der Waals surface area contributed by atoms with Crippen LogP contribution in [0.4, 0.5) is 18.9 Å². The van der Waals surface area contributed by atoms with E-state index in [1.165, 1.54) is 0 Å². The Morgan fingerprint density at radius 2 is 1.77 bits per heavy atom. The van der Waals surface area contributed by atoms with Crippen LogP contribution < -0.4 is 10.6 Å². The van der Waals surface area contributed by atoms with Gasteiger partial charge in [0.25, 0.3) is 0 Å². The van der Waals surface area contributed by atoms with Crippen molar-refractivity contribution in [2.45, 2.75) is 25.4 Å². The fourth-order valence-electron chi connectivity index (χ4n) is 2.39. The third-order valence-corrected chi connectivity index (χ3v) is 3.60. The fraction of sp³-hybridized carbons (Fsp3) is 0.429. The predicted octanol–water partition coefficient (Wildman–Crippen LogP) is 1.32. The molecule has 0 aromatic heterocycles. The normalized spacial score (nSPS) is 20.7. The highest BCUT2D eigenvalue weighted by Crippen LogP contribution is 2.24. The third-order valence-electron chi connectivity index (χ3n) is 3.60. The Balaban J connectivity index is 1.93. The molecule has 1 fully saturated rings. The average Bonchev–Trinajstić information content (AvgIpc) is 2.85. The minimum atomic E-state index is -1.31. The quantitative estimate of drug-likeness (QED) is 0.736. The zero-order valence-electron chi connectivity index (χ0n) is 11.5. The highest BCUT2D eigenvalue weighted by molar-refractivity contribution is 6.39. The maximum absolute atomic E-state index is 13.4. The van der Waals surface area contributed by atoms with Crippen molar-refractivity contribution in [1.29, 1.82) is 0 Å². The molecular formula is C14H15F3N2O3. The van der Waals surface area contributed by atoms with Crippen molar-refractivity contribution in [2.75, 3.05) is 11.9 Å². The van der Waals surface area contributed by atoms with Crippen LogP contribution in [0.5, 0.6) is 0 Å². The van der Waals surface area contributed by atoms with E-state index in [1.807, 2.05) is 0 Å². The summed E-state index contributed by atoms with van der Waals surface area (Å²) in [6, 6.07) is 0.789. The maximum atomic E-state index is 13.4. The predicted molar refractivity (Wildman–Crippen MR) is 71.3 cm³/mol. The fourth-order valence-corrected chi connectivity index (χ4v) is 2.39. The molecule has 3 N–H and O–H groups in total. The molecule has 120 valence electrons. The van der Waals surface area contributed by atoms with E-state index in [0.29, 0.717) is 18.6 Å². The summed E-state index contributed by atoms with van der Waals surface area (Å²) in [4.78, 5) is 23.2. The highest BCUT2D eigenvalue weighted by atomic mass is 19.1. The van der Waals surface area contributed by atoms with Crippen LogP contribution in [0.15, 0.2) is 12.1 Å². The van der Waals surface area contributed by atoms with Gasteiger partial charge in [-0.1, -0.05) is 6.42 Å². The monoisotopic (exact) mass is 316 g/mol. The second-order valence-electron chi connectivity index (χ2n) is 5.17. The first-order valence-electron chi connectivity index (χ1n) is 6.80. The number of rotatable bonds is 3. The number of halogens is 3. The summed E-state index contributed by atoms with van der Waals surface area (Å²) in [5.41, 5.74) is -0.887. The largest absolute Gasteiger partial charge is 0.393 e. The lowest BCUT2D eigenvalue weighted by Gasteiger charge is -2.15. The molecule has 2 atom stereocenters. The van der Waals surface area contributed by atoms with Crippen LogP contribution in [-0.4, -0.2) is 29.6 Å². The lowest BCUT2D eigenvalue weighted by atomic mass is 10.1. The van der Waals surface area contributed by atoms with Gasteiger partial charge in [-0.05, 0) is 12.8 Å². The van der Waals surface area contributed by atoms with Gasteiger partial charge in [0.1, 0.15) is 11.5 Å². The Morgan fingerprint density at radius 1 is 1.14 bits per heavy atom. The van der Waals surface area contributed by atoms with Gasteiger partial charge in [0.15, 0.2) is 11.6 Å². The minimum absolute atomic E-state index is 0.0990. The van der Waals surface area contributed by atoms with E-state index in [2.05, 4.69) is 5.32 Å². The second kappa shape index (κ2) is 6.78. The molecule has 0 heterocycles. The van der Waals surface area contributed by atoms with Crippen molar-refractivity contribution in [3.05, 3.63) is 29.6 Å². The molecule has 1 aliphatic rings. The van der Waals surface area contributed by atoms with Gasteiger partial charge in [-0.15, -0.1) is 0 Å². The Labute approximate surface area is 124 Å². The number of aliphatic hydroxyl groups is 1. The first-order valence-corrected chi connectivity index (χ1v) is 6.80. The molecule has 0 radical (unpaired) electrons. The van der Waals surface area contributed by atoms with E-state index in [0.717, 1.165) is 12.8 Å². The minimum Gasteiger partial charge on any atom is -0.393 e. The lowest BCUT2D eigenvalue weighted by molar-refractivity contribution is -0.136. The third kappa shape index (κ3) is 3.76. The van der Waals surface area contributed by atoms with E-state index in [1.54, 1.807) is 5.32 Å². The van der Waals surface area contributed by atoms with E-state index in [9.17, 15) is 27.9 Å². The molecule has 0 aliphatic heterocycles. The van der Waals surface area contributed by atoms with Crippen LogP contribution in [0.2, 0.25) is 0 Å². The Bertz CT molecular complexity index is 572. The summed E-state index contributed by atoms with van der Waals surface area (Å²) >= 11 is 0. The number of hydrogen-bond donors (Lipinski definition) is 3. The number of benzene rings is 1. The van der Waals surface area contributed by atoms with Gasteiger partial charge in [0.05, 0.1) is 6.10 Å². The van der Waals surface area contributed by atoms with Gasteiger partial charge in [-0.3, -0.25) is 9.59 Å². The van der Waals surface area contributed by atoms with Gasteiger partial charge in [0.2, 0.25) is 0 Å². The summed E-state index contributed by atoms with van der Waals surface area (Å²) in [5.74, 6) is -6.25. The van der Waals surface area contributed by atoms with E-state index in [4.69, 9.17) is 0 Å². The Morgan fingerprint density at radius 3 is 2.32 bits per heavy atom. The summed E-state index contributed by atoms with van der Waals surface area (Å²) in [5, 5.41) is 13.6. The summed E-state index contributed by atoms with van der Waals surface area (Å²) in [6.07, 6.45) is 1.67. The summed E-state index contributed by atoms with van der Waals surface area (Å²) in [6.45, 7) is 0.0990. The molecule has 1 saturated carbocycles. The molecule has 1 aliphatic carbocycles. The number of nitrogens with one attached hydrogen (secondary N) is 2. The molecule has 2 unspecified atom stereocenters. The van der Waals surface area contributed by atoms with Crippen LogP contribution in [-0.2, 0) is 9.59 Å². The molecule has 1 aromatic carbocycles. The molecule has 0 spiro atoms. The van der Waals surface area contributed by atoms with Crippen molar-refractivity contribution in [3.8, 4) is 0 Å². The first kappa shape index (κ1) is 16.3. The van der Waals surface area contributed by atoms with Crippen molar-refractivity contribution < 1.29 is 27.9 Å². The number of aliphatic hydroxyl groups excluding tert-OH is 1. The van der Waals surface area contributed by atoms with E-state index >= 15 is 0 Å². The SMILES string of the molecule is O=C(NCC1CCCC1O)C(=O)Nc1c(F)cc(F)cc1F. The van der Waals surface area contributed by atoms with Crippen molar-refractivity contribution in [3.63, 3.8) is 0 Å². The molecule has 1 aromatic rings. The first-order chi connectivity index (χ1) is 10.4. The summed E-state index contributed by atoms with van der Waals surface area (Å²) in [7, 11) is 0. The molecule has 8 heteroatoms. The molecule has 22 heavy (non-hydrogen) atoms. The van der Waals surface area contributed by atoms with Crippen LogP contribution in [0.1, 0.15) is 19.3 Å².